The fraction of sp³-hybridized carbons (Fsp3) is 0.182. The number of rotatable bonds is 2. The monoisotopic (exact) mass is 247 g/mol. The van der Waals surface area contributed by atoms with Gasteiger partial charge in [0.05, 0.1) is 18.4 Å². The maximum Gasteiger partial charge on any atom is 0.259 e. The number of nitrogens with zero attached hydrogens (tertiary/aromatic N) is 3. The summed E-state index contributed by atoms with van der Waals surface area (Å²) in [6, 6.07) is 7.49. The molecule has 6 heteroatoms. The smallest absolute Gasteiger partial charge is 0.259 e. The Morgan fingerprint density at radius 1 is 1.41 bits per heavy atom. The lowest BCUT2D eigenvalue weighted by Crippen LogP contribution is -2.08. The van der Waals surface area contributed by atoms with Crippen LogP contribution in [-0.4, -0.2) is 33.5 Å². The second-order valence-corrected chi connectivity index (χ2v) is 4.45. The van der Waals surface area contributed by atoms with Gasteiger partial charge < -0.3 is 4.74 Å². The fourth-order valence-electron chi connectivity index (χ4n) is 1.68. The molecule has 86 valence electrons. The quantitative estimate of drug-likeness (QED) is 0.808. The third kappa shape index (κ3) is 1.61. The van der Waals surface area contributed by atoms with Gasteiger partial charge in [-0.05, 0) is 12.1 Å². The first-order valence-corrected chi connectivity index (χ1v) is 6.04. The summed E-state index contributed by atoms with van der Waals surface area (Å²) < 4.78 is 6.60. The molecule has 0 amide bonds. The summed E-state index contributed by atoms with van der Waals surface area (Å²) in [6.45, 7) is 0. The molecule has 0 saturated heterocycles. The third-order valence-electron chi connectivity index (χ3n) is 2.49. The lowest BCUT2D eigenvalue weighted by molar-refractivity contribution is 0.0923. The number of para-hydroxylation sites is 1. The van der Waals surface area contributed by atoms with Crippen LogP contribution in [0.3, 0.4) is 0 Å². The van der Waals surface area contributed by atoms with Crippen LogP contribution in [0.1, 0.15) is 4.79 Å². The van der Waals surface area contributed by atoms with Crippen molar-refractivity contribution in [3.05, 3.63) is 24.3 Å². The topological polar surface area (TPSA) is 57.0 Å². The van der Waals surface area contributed by atoms with Gasteiger partial charge >= 0.3 is 0 Å². The van der Waals surface area contributed by atoms with Gasteiger partial charge in [-0.25, -0.2) is 4.98 Å². The van der Waals surface area contributed by atoms with Crippen molar-refractivity contribution >= 4 is 17.7 Å². The molecule has 2 heterocycles. The molecule has 0 radical (unpaired) electrons. The van der Waals surface area contributed by atoms with E-state index in [0.717, 1.165) is 5.56 Å². The molecule has 2 aromatic rings. The Kier molecular flexibility index (Phi) is 2.36. The van der Waals surface area contributed by atoms with E-state index in [4.69, 9.17) is 4.74 Å². The van der Waals surface area contributed by atoms with Crippen LogP contribution in [0.5, 0.6) is 5.75 Å². The molecule has 1 aliphatic heterocycles. The second kappa shape index (κ2) is 3.89. The Bertz CT molecular complexity index is 594. The Morgan fingerprint density at radius 3 is 3.00 bits per heavy atom. The summed E-state index contributed by atoms with van der Waals surface area (Å²) in [5.74, 6) is 1.62. The minimum Gasteiger partial charge on any atom is -0.496 e. The Morgan fingerprint density at radius 2 is 2.24 bits per heavy atom. The lowest BCUT2D eigenvalue weighted by atomic mass is 10.2. The molecular weight excluding hydrogens is 238 g/mol. The first kappa shape index (κ1) is 10.3. The van der Waals surface area contributed by atoms with Crippen molar-refractivity contribution in [2.24, 2.45) is 0 Å². The number of aromatic nitrogens is 3. The molecule has 1 aromatic heterocycles. The van der Waals surface area contributed by atoms with Crippen LogP contribution in [0, 0.1) is 0 Å². The number of benzene rings is 1. The van der Waals surface area contributed by atoms with Crippen LogP contribution in [-0.2, 0) is 0 Å². The molecule has 17 heavy (non-hydrogen) atoms. The zero-order valence-corrected chi connectivity index (χ0v) is 9.90. The predicted octanol–water partition coefficient (Wildman–Crippen LogP) is 1.70. The maximum absolute atomic E-state index is 11.5. The normalized spacial score (nSPS) is 13.8. The zero-order chi connectivity index (χ0) is 11.8. The third-order valence-corrected chi connectivity index (χ3v) is 3.40. The highest BCUT2D eigenvalue weighted by atomic mass is 32.2. The van der Waals surface area contributed by atoms with Crippen LogP contribution in [0.2, 0.25) is 0 Å². The number of fused-ring (bicyclic) bond motifs is 1. The van der Waals surface area contributed by atoms with E-state index >= 15 is 0 Å². The summed E-state index contributed by atoms with van der Waals surface area (Å²) >= 11 is 1.40. The summed E-state index contributed by atoms with van der Waals surface area (Å²) in [7, 11) is 1.60. The van der Waals surface area contributed by atoms with Crippen molar-refractivity contribution in [1.29, 1.82) is 0 Å². The molecule has 0 unspecified atom stereocenters. The molecular formula is C11H9N3O2S. The van der Waals surface area contributed by atoms with E-state index in [-0.39, 0.29) is 5.91 Å². The first-order chi connectivity index (χ1) is 8.29. The molecule has 0 spiro atoms. The standard InChI is InChI=1S/C11H9N3O2S/c1-16-8-5-3-2-4-7(8)10-12-11-14(13-10)9(15)6-17-11/h2-5H,6H2,1H3. The summed E-state index contributed by atoms with van der Waals surface area (Å²) in [5, 5.41) is 4.85. The molecule has 1 aromatic carbocycles. The van der Waals surface area contributed by atoms with Gasteiger partial charge in [-0.2, -0.15) is 4.68 Å². The van der Waals surface area contributed by atoms with Crippen LogP contribution in [0.15, 0.2) is 29.4 Å². The van der Waals surface area contributed by atoms with Crippen molar-refractivity contribution in [3.8, 4) is 17.1 Å². The van der Waals surface area contributed by atoms with Crippen LogP contribution >= 0.6 is 11.8 Å². The number of thioether (sulfide) groups is 1. The van der Waals surface area contributed by atoms with Crippen LogP contribution in [0.4, 0.5) is 0 Å². The number of hydrogen-bond acceptors (Lipinski definition) is 5. The minimum atomic E-state index is -0.0290. The summed E-state index contributed by atoms with van der Waals surface area (Å²) in [6.07, 6.45) is 0. The largest absolute Gasteiger partial charge is 0.496 e. The van der Waals surface area contributed by atoms with E-state index in [9.17, 15) is 4.79 Å². The molecule has 1 aliphatic rings. The van der Waals surface area contributed by atoms with E-state index in [1.54, 1.807) is 7.11 Å². The van der Waals surface area contributed by atoms with E-state index < -0.39 is 0 Å². The van der Waals surface area contributed by atoms with Crippen molar-refractivity contribution in [2.75, 3.05) is 12.9 Å². The van der Waals surface area contributed by atoms with Gasteiger partial charge in [0, 0.05) is 0 Å². The molecule has 3 rings (SSSR count). The highest BCUT2D eigenvalue weighted by Gasteiger charge is 2.25. The van der Waals surface area contributed by atoms with Crippen molar-refractivity contribution < 1.29 is 9.53 Å². The van der Waals surface area contributed by atoms with Crippen molar-refractivity contribution in [1.82, 2.24) is 14.8 Å². The average Bonchev–Trinajstić information content (AvgIpc) is 2.92. The SMILES string of the molecule is COc1ccccc1-c1nc2n(n1)C(=O)CS2. The maximum atomic E-state index is 11.5. The molecule has 0 bridgehead atoms. The van der Waals surface area contributed by atoms with Gasteiger partial charge in [-0.15, -0.1) is 5.10 Å². The Labute approximate surface area is 102 Å². The first-order valence-electron chi connectivity index (χ1n) is 5.06. The van der Waals surface area contributed by atoms with Gasteiger partial charge in [-0.3, -0.25) is 4.79 Å². The summed E-state index contributed by atoms with van der Waals surface area (Å²) in [5.41, 5.74) is 0.797. The average molecular weight is 247 g/mol. The molecule has 0 N–H and O–H groups in total. The highest BCUT2D eigenvalue weighted by Crippen LogP contribution is 2.31. The van der Waals surface area contributed by atoms with E-state index in [2.05, 4.69) is 10.1 Å². The van der Waals surface area contributed by atoms with Gasteiger partial charge in [0.2, 0.25) is 0 Å². The number of hydrogen-bond donors (Lipinski definition) is 0. The summed E-state index contributed by atoms with van der Waals surface area (Å²) in [4.78, 5) is 15.8. The van der Waals surface area contributed by atoms with Gasteiger partial charge in [-0.1, -0.05) is 23.9 Å². The predicted molar refractivity (Wildman–Crippen MR) is 63.4 cm³/mol. The van der Waals surface area contributed by atoms with E-state index in [1.807, 2.05) is 24.3 Å². The van der Waals surface area contributed by atoms with E-state index in [1.165, 1.54) is 16.4 Å². The minimum absolute atomic E-state index is 0.0290. The number of carbonyl (C=O) groups is 1. The molecule has 0 saturated carbocycles. The van der Waals surface area contributed by atoms with Crippen LogP contribution in [0.25, 0.3) is 11.4 Å². The second-order valence-electron chi connectivity index (χ2n) is 3.51. The van der Waals surface area contributed by atoms with Crippen molar-refractivity contribution in [3.63, 3.8) is 0 Å². The highest BCUT2D eigenvalue weighted by molar-refractivity contribution is 8.00. The lowest BCUT2D eigenvalue weighted by Gasteiger charge is -2.03. The van der Waals surface area contributed by atoms with Gasteiger partial charge in [0.1, 0.15) is 5.75 Å². The van der Waals surface area contributed by atoms with Gasteiger partial charge in [0.25, 0.3) is 5.91 Å². The van der Waals surface area contributed by atoms with Gasteiger partial charge in [0.15, 0.2) is 11.0 Å². The molecule has 0 aliphatic carbocycles. The Balaban J connectivity index is 2.10. The molecule has 0 atom stereocenters. The number of ether oxygens (including phenoxy) is 1. The Hall–Kier alpha value is -1.82. The molecule has 0 fully saturated rings. The van der Waals surface area contributed by atoms with Crippen molar-refractivity contribution in [2.45, 2.75) is 5.16 Å². The zero-order valence-electron chi connectivity index (χ0n) is 9.08. The fourth-order valence-corrected chi connectivity index (χ4v) is 2.48. The molecule has 5 nitrogen and oxygen atoms in total. The van der Waals surface area contributed by atoms with Crippen LogP contribution < -0.4 is 4.74 Å². The number of methoxy groups -OCH3 is 1. The number of carbonyl (C=O) groups excluding carboxylic acids is 1. The van der Waals surface area contributed by atoms with E-state index in [0.29, 0.717) is 22.5 Å².